The maximum absolute atomic E-state index is 12.3. The first-order valence-corrected chi connectivity index (χ1v) is 10.7. The molecule has 3 nitrogen and oxygen atoms in total. The number of benzene rings is 2. The van der Waals surface area contributed by atoms with E-state index < -0.39 is 0 Å². The maximum Gasteiger partial charge on any atom is 0.240 e. The molecule has 4 rings (SSSR count). The fraction of sp³-hybridized carbons (Fsp3) is 0.273. The Kier molecular flexibility index (Phi) is 5.33. The molecule has 2 aliphatic rings. The molecule has 27 heavy (non-hydrogen) atoms. The number of amides is 1. The smallest absolute Gasteiger partial charge is 0.240 e. The van der Waals surface area contributed by atoms with Crippen LogP contribution in [0.5, 0.6) is 0 Å². The lowest BCUT2D eigenvalue weighted by molar-refractivity contribution is -0.131. The van der Waals surface area contributed by atoms with E-state index in [1.165, 1.54) is 5.57 Å². The van der Waals surface area contributed by atoms with E-state index in [4.69, 9.17) is 5.10 Å². The first-order valence-electron chi connectivity index (χ1n) is 9.13. The largest absolute Gasteiger partial charge is 0.273 e. The van der Waals surface area contributed by atoms with E-state index in [1.807, 2.05) is 12.1 Å². The van der Waals surface area contributed by atoms with Gasteiger partial charge in [0.15, 0.2) is 0 Å². The number of halogens is 2. The van der Waals surface area contributed by atoms with E-state index in [-0.39, 0.29) is 17.9 Å². The van der Waals surface area contributed by atoms with Gasteiger partial charge in [0, 0.05) is 21.8 Å². The summed E-state index contributed by atoms with van der Waals surface area (Å²) in [4.78, 5) is 12.3. The molecule has 1 fully saturated rings. The molecule has 0 aromatic heterocycles. The zero-order valence-electron chi connectivity index (χ0n) is 15.0. The van der Waals surface area contributed by atoms with Crippen molar-refractivity contribution in [1.82, 2.24) is 5.01 Å². The molecule has 0 spiro atoms. The maximum atomic E-state index is 12.3. The van der Waals surface area contributed by atoms with Crippen molar-refractivity contribution in [3.8, 4) is 0 Å². The Balaban J connectivity index is 1.72. The van der Waals surface area contributed by atoms with Crippen LogP contribution in [0.1, 0.15) is 43.4 Å². The van der Waals surface area contributed by atoms with Crippen molar-refractivity contribution >= 4 is 49.6 Å². The van der Waals surface area contributed by atoms with Gasteiger partial charge < -0.3 is 0 Å². The predicted molar refractivity (Wildman–Crippen MR) is 116 cm³/mol. The van der Waals surface area contributed by atoms with E-state index in [0.29, 0.717) is 0 Å². The lowest BCUT2D eigenvalue weighted by Gasteiger charge is -2.29. The number of nitrogens with zero attached hydrogens (tertiary/aromatic N) is 2. The standard InChI is InChI=1S/C22H20Br2N2O/c1-14(27)26-22(16-7-11-19(24)12-8-16)20-4-2-3-17(21(20)25-26)13-15-5-9-18(23)10-6-15/h5-13,20,22H,2-4H2,1H3/t20-,22+/m1/s1. The van der Waals surface area contributed by atoms with Crippen LogP contribution in [0.4, 0.5) is 0 Å². The topological polar surface area (TPSA) is 32.7 Å². The molecule has 2 atom stereocenters. The lowest BCUT2D eigenvalue weighted by atomic mass is 9.77. The molecule has 0 N–H and O–H groups in total. The molecule has 1 aliphatic heterocycles. The van der Waals surface area contributed by atoms with Crippen molar-refractivity contribution in [1.29, 1.82) is 0 Å². The van der Waals surface area contributed by atoms with Crippen molar-refractivity contribution < 1.29 is 4.79 Å². The second-order valence-electron chi connectivity index (χ2n) is 7.07. The summed E-state index contributed by atoms with van der Waals surface area (Å²) >= 11 is 6.98. The third kappa shape index (κ3) is 3.81. The summed E-state index contributed by atoms with van der Waals surface area (Å²) in [6.45, 7) is 1.60. The molecule has 138 valence electrons. The van der Waals surface area contributed by atoms with Crippen LogP contribution in [0.25, 0.3) is 6.08 Å². The quantitative estimate of drug-likeness (QED) is 0.485. The van der Waals surface area contributed by atoms with E-state index in [9.17, 15) is 4.79 Å². The number of carbonyl (C=O) groups excluding carboxylic acids is 1. The van der Waals surface area contributed by atoms with Gasteiger partial charge in [-0.3, -0.25) is 4.79 Å². The van der Waals surface area contributed by atoms with Crippen LogP contribution < -0.4 is 0 Å². The van der Waals surface area contributed by atoms with Gasteiger partial charge in [-0.1, -0.05) is 56.1 Å². The Morgan fingerprint density at radius 3 is 2.33 bits per heavy atom. The molecule has 1 amide bonds. The summed E-state index contributed by atoms with van der Waals surface area (Å²) in [6, 6.07) is 16.5. The molecule has 5 heteroatoms. The minimum atomic E-state index is -0.0146. The Labute approximate surface area is 176 Å². The van der Waals surface area contributed by atoms with Gasteiger partial charge in [0.2, 0.25) is 5.91 Å². The number of hydrogen-bond donors (Lipinski definition) is 0. The highest BCUT2D eigenvalue weighted by atomic mass is 79.9. The number of rotatable bonds is 2. The van der Waals surface area contributed by atoms with Crippen LogP contribution in [-0.4, -0.2) is 16.6 Å². The molecular formula is C22H20Br2N2O. The summed E-state index contributed by atoms with van der Waals surface area (Å²) in [6.07, 6.45) is 5.40. The second-order valence-corrected chi connectivity index (χ2v) is 8.90. The lowest BCUT2D eigenvalue weighted by Crippen LogP contribution is -2.30. The highest BCUT2D eigenvalue weighted by molar-refractivity contribution is 9.10. The molecule has 1 heterocycles. The van der Waals surface area contributed by atoms with Crippen molar-refractivity contribution in [3.63, 3.8) is 0 Å². The van der Waals surface area contributed by atoms with Gasteiger partial charge in [0.25, 0.3) is 0 Å². The van der Waals surface area contributed by atoms with Crippen LogP contribution >= 0.6 is 31.9 Å². The highest BCUT2D eigenvalue weighted by Gasteiger charge is 2.42. The van der Waals surface area contributed by atoms with Gasteiger partial charge in [-0.15, -0.1) is 0 Å². The Morgan fingerprint density at radius 2 is 1.70 bits per heavy atom. The number of hydrogen-bond acceptors (Lipinski definition) is 2. The van der Waals surface area contributed by atoms with Crippen LogP contribution in [-0.2, 0) is 4.79 Å². The monoisotopic (exact) mass is 486 g/mol. The molecule has 2 aromatic carbocycles. The third-order valence-electron chi connectivity index (χ3n) is 5.25. The first kappa shape index (κ1) is 18.6. The summed E-state index contributed by atoms with van der Waals surface area (Å²) < 4.78 is 2.11. The van der Waals surface area contributed by atoms with Crippen molar-refractivity contribution in [2.45, 2.75) is 32.2 Å². The molecule has 1 saturated carbocycles. The molecule has 0 unspecified atom stereocenters. The summed E-state index contributed by atoms with van der Waals surface area (Å²) in [5.74, 6) is 0.248. The number of carbonyl (C=O) groups is 1. The minimum absolute atomic E-state index is 0.00666. The van der Waals surface area contributed by atoms with Gasteiger partial charge in [-0.05, 0) is 66.3 Å². The Bertz CT molecular complexity index is 916. The fourth-order valence-corrected chi connectivity index (χ4v) is 4.54. The average molecular weight is 488 g/mol. The van der Waals surface area contributed by atoms with E-state index >= 15 is 0 Å². The van der Waals surface area contributed by atoms with Crippen LogP contribution in [0.3, 0.4) is 0 Å². The Hall–Kier alpha value is -1.72. The fourth-order valence-electron chi connectivity index (χ4n) is 4.02. The van der Waals surface area contributed by atoms with Gasteiger partial charge in [-0.2, -0.15) is 5.10 Å². The first-order chi connectivity index (χ1) is 13.0. The minimum Gasteiger partial charge on any atom is -0.273 e. The Morgan fingerprint density at radius 1 is 1.07 bits per heavy atom. The molecule has 0 radical (unpaired) electrons. The number of allylic oxidation sites excluding steroid dienone is 1. The summed E-state index contributed by atoms with van der Waals surface area (Å²) in [5.41, 5.74) is 4.63. The third-order valence-corrected chi connectivity index (χ3v) is 6.30. The molecular weight excluding hydrogens is 468 g/mol. The van der Waals surface area contributed by atoms with E-state index in [0.717, 1.165) is 45.0 Å². The average Bonchev–Trinajstić information content (AvgIpc) is 3.05. The number of hydrazone groups is 1. The van der Waals surface area contributed by atoms with Crippen LogP contribution in [0.15, 0.2) is 68.2 Å². The van der Waals surface area contributed by atoms with Gasteiger partial charge >= 0.3 is 0 Å². The molecule has 0 bridgehead atoms. The van der Waals surface area contributed by atoms with Crippen LogP contribution in [0, 0.1) is 5.92 Å². The second kappa shape index (κ2) is 7.72. The zero-order valence-corrected chi connectivity index (χ0v) is 18.2. The van der Waals surface area contributed by atoms with E-state index in [2.05, 4.69) is 74.3 Å². The zero-order chi connectivity index (χ0) is 19.0. The van der Waals surface area contributed by atoms with E-state index in [1.54, 1.807) is 11.9 Å². The van der Waals surface area contributed by atoms with Crippen LogP contribution in [0.2, 0.25) is 0 Å². The van der Waals surface area contributed by atoms with Crippen molar-refractivity contribution in [3.05, 3.63) is 74.2 Å². The highest BCUT2D eigenvalue weighted by Crippen LogP contribution is 2.44. The van der Waals surface area contributed by atoms with Gasteiger partial charge in [0.05, 0.1) is 11.8 Å². The summed E-state index contributed by atoms with van der Waals surface area (Å²) in [5, 5.41) is 6.48. The molecule has 0 saturated heterocycles. The normalized spacial score (nSPS) is 23.3. The van der Waals surface area contributed by atoms with Gasteiger partial charge in [-0.25, -0.2) is 5.01 Å². The van der Waals surface area contributed by atoms with Crippen molar-refractivity contribution in [2.75, 3.05) is 0 Å². The number of fused-ring (bicyclic) bond motifs is 1. The van der Waals surface area contributed by atoms with Gasteiger partial charge in [0.1, 0.15) is 0 Å². The van der Waals surface area contributed by atoms with Crippen molar-refractivity contribution in [2.24, 2.45) is 11.0 Å². The predicted octanol–water partition coefficient (Wildman–Crippen LogP) is 6.35. The summed E-state index contributed by atoms with van der Waals surface area (Å²) in [7, 11) is 0. The SMILES string of the molecule is CC(=O)N1N=C2C(=Cc3ccc(Br)cc3)CCC[C@H]2[C@@H]1c1ccc(Br)cc1. The molecule has 2 aromatic rings. The molecule has 1 aliphatic carbocycles.